The fourth-order valence-electron chi connectivity index (χ4n) is 6.52. The predicted octanol–water partition coefficient (Wildman–Crippen LogP) is 3.45. The second kappa shape index (κ2) is 6.69. The molecule has 0 saturated heterocycles. The van der Waals surface area contributed by atoms with Gasteiger partial charge in [0.15, 0.2) is 0 Å². The number of nitrogens with one attached hydrogen (secondary N) is 2. The van der Waals surface area contributed by atoms with E-state index >= 15 is 0 Å². The molecular formula is C21H29ClN4O. The molecule has 0 atom stereocenters. The van der Waals surface area contributed by atoms with Gasteiger partial charge in [-0.2, -0.15) is 0 Å². The summed E-state index contributed by atoms with van der Waals surface area (Å²) in [5, 5.41) is 11.9. The van der Waals surface area contributed by atoms with Crippen molar-refractivity contribution in [3.63, 3.8) is 0 Å². The van der Waals surface area contributed by atoms with Gasteiger partial charge in [0, 0.05) is 12.1 Å². The van der Waals surface area contributed by atoms with Crippen LogP contribution in [0.25, 0.3) is 11.0 Å². The summed E-state index contributed by atoms with van der Waals surface area (Å²) < 4.78 is 3.82. The van der Waals surface area contributed by atoms with Crippen molar-refractivity contribution in [2.24, 2.45) is 17.8 Å². The maximum absolute atomic E-state index is 13.0. The lowest BCUT2D eigenvalue weighted by atomic mass is 9.53. The number of aryl methyl sites for hydroxylation is 1. The summed E-state index contributed by atoms with van der Waals surface area (Å²) in [4.78, 5) is 13.0. The first-order chi connectivity index (χ1) is 12.6. The maximum atomic E-state index is 13.0. The van der Waals surface area contributed by atoms with Gasteiger partial charge in [-0.25, -0.2) is 0 Å². The number of amides is 1. The van der Waals surface area contributed by atoms with Crippen LogP contribution in [-0.4, -0.2) is 20.6 Å². The number of imidazole rings is 1. The Labute approximate surface area is 166 Å². The Bertz CT molecular complexity index is 893. The Hall–Kier alpha value is -1.75. The highest BCUT2D eigenvalue weighted by Gasteiger charge is 2.51. The van der Waals surface area contributed by atoms with E-state index in [0.29, 0.717) is 5.62 Å². The molecule has 0 spiro atoms. The van der Waals surface area contributed by atoms with E-state index in [1.54, 1.807) is 0 Å². The monoisotopic (exact) mass is 388 g/mol. The molecule has 4 saturated carbocycles. The molecule has 6 rings (SSSR count). The lowest BCUT2D eigenvalue weighted by Gasteiger charge is -2.56. The van der Waals surface area contributed by atoms with Crippen LogP contribution in [0, 0.1) is 23.2 Å². The second-order valence-electron chi connectivity index (χ2n) is 8.89. The molecule has 146 valence electrons. The summed E-state index contributed by atoms with van der Waals surface area (Å²) in [5.74, 6) is 2.54. The topological polar surface area (TPSA) is 62.8 Å². The fraction of sp³-hybridized carbons (Fsp3) is 0.619. The number of halogens is 1. The Morgan fingerprint density at radius 3 is 2.11 bits per heavy atom. The van der Waals surface area contributed by atoms with Crippen molar-refractivity contribution in [2.75, 3.05) is 0 Å². The standard InChI is InChI=1S/C21H28N4O.ClH/c1-2-24-17-5-3-4-6-18(17)25(20(24)22)13-19(26)23-21-10-14-7-15(11-21)9-16(8-14)12-21;/h3-6,14-16,22H,2,7-13H2,1H3,(H,23,26);1H. The first-order valence-corrected chi connectivity index (χ1v) is 10.1. The number of carbonyl (C=O) groups excluding carboxylic acids is 1. The van der Waals surface area contributed by atoms with Gasteiger partial charge in [0.05, 0.1) is 11.0 Å². The largest absolute Gasteiger partial charge is 0.349 e. The third-order valence-corrected chi connectivity index (χ3v) is 7.04. The van der Waals surface area contributed by atoms with Crippen molar-refractivity contribution in [1.82, 2.24) is 14.5 Å². The van der Waals surface area contributed by atoms with E-state index in [1.165, 1.54) is 38.5 Å². The van der Waals surface area contributed by atoms with Gasteiger partial charge in [-0.05, 0) is 75.3 Å². The molecule has 4 bridgehead atoms. The minimum Gasteiger partial charge on any atom is -0.349 e. The van der Waals surface area contributed by atoms with Gasteiger partial charge in [-0.3, -0.25) is 10.2 Å². The zero-order chi connectivity index (χ0) is 17.9. The van der Waals surface area contributed by atoms with Crippen LogP contribution in [0.5, 0.6) is 0 Å². The minimum absolute atomic E-state index is 0. The molecule has 0 aliphatic heterocycles. The Balaban J connectivity index is 0.00000180. The Kier molecular flexibility index (Phi) is 4.61. The normalized spacial score (nSPS) is 31.1. The van der Waals surface area contributed by atoms with Gasteiger partial charge in [-0.15, -0.1) is 12.4 Å². The number of nitrogens with zero attached hydrogens (tertiary/aromatic N) is 2. The predicted molar refractivity (Wildman–Crippen MR) is 108 cm³/mol. The molecule has 6 heteroatoms. The van der Waals surface area contributed by atoms with Crippen molar-refractivity contribution in [1.29, 1.82) is 5.41 Å². The van der Waals surface area contributed by atoms with E-state index in [2.05, 4.69) is 5.32 Å². The quantitative estimate of drug-likeness (QED) is 0.827. The van der Waals surface area contributed by atoms with Crippen LogP contribution < -0.4 is 10.9 Å². The first kappa shape index (κ1) is 18.6. The van der Waals surface area contributed by atoms with E-state index in [-0.39, 0.29) is 30.4 Å². The zero-order valence-corrected chi connectivity index (χ0v) is 16.7. The Morgan fingerprint density at radius 1 is 1.07 bits per heavy atom. The van der Waals surface area contributed by atoms with Crippen molar-refractivity contribution in [3.8, 4) is 0 Å². The summed E-state index contributed by atoms with van der Waals surface area (Å²) in [6.07, 6.45) is 7.64. The van der Waals surface area contributed by atoms with Gasteiger partial charge in [0.25, 0.3) is 0 Å². The maximum Gasteiger partial charge on any atom is 0.240 e. The van der Waals surface area contributed by atoms with E-state index in [1.807, 2.05) is 40.3 Å². The molecule has 1 aromatic heterocycles. The molecule has 0 radical (unpaired) electrons. The number of fused-ring (bicyclic) bond motifs is 1. The van der Waals surface area contributed by atoms with E-state index in [9.17, 15) is 4.79 Å². The number of hydrogen-bond acceptors (Lipinski definition) is 2. The van der Waals surface area contributed by atoms with Gasteiger partial charge in [-0.1, -0.05) is 12.1 Å². The lowest BCUT2D eigenvalue weighted by molar-refractivity contribution is -0.127. The smallest absolute Gasteiger partial charge is 0.240 e. The average molecular weight is 389 g/mol. The van der Waals surface area contributed by atoms with Crippen molar-refractivity contribution >= 4 is 29.3 Å². The first-order valence-electron chi connectivity index (χ1n) is 10.1. The van der Waals surface area contributed by atoms with E-state index < -0.39 is 0 Å². The molecule has 4 fully saturated rings. The summed E-state index contributed by atoms with van der Waals surface area (Å²) >= 11 is 0. The summed E-state index contributed by atoms with van der Waals surface area (Å²) in [6, 6.07) is 8.02. The third-order valence-electron chi connectivity index (χ3n) is 7.04. The van der Waals surface area contributed by atoms with Gasteiger partial charge in [0.1, 0.15) is 6.54 Å². The van der Waals surface area contributed by atoms with Crippen LogP contribution in [0.1, 0.15) is 45.4 Å². The van der Waals surface area contributed by atoms with Crippen LogP contribution in [0.15, 0.2) is 24.3 Å². The number of aromatic nitrogens is 2. The molecular weight excluding hydrogens is 360 g/mol. The van der Waals surface area contributed by atoms with Gasteiger partial charge < -0.3 is 14.5 Å². The molecule has 1 amide bonds. The summed E-state index contributed by atoms with van der Waals surface area (Å²) in [6.45, 7) is 3.03. The SMILES string of the molecule is CCn1c(=N)n(CC(=O)NC23CC4CC(CC(C4)C2)C3)c2ccccc21.Cl. The molecule has 2 N–H and O–H groups in total. The number of para-hydroxylation sites is 2. The molecule has 0 unspecified atom stereocenters. The number of benzene rings is 1. The molecule has 1 aromatic carbocycles. The molecule has 4 aliphatic rings. The zero-order valence-electron chi connectivity index (χ0n) is 15.9. The number of hydrogen-bond donors (Lipinski definition) is 2. The Morgan fingerprint density at radius 2 is 1.59 bits per heavy atom. The van der Waals surface area contributed by atoms with Gasteiger partial charge >= 0.3 is 0 Å². The van der Waals surface area contributed by atoms with Crippen molar-refractivity contribution < 1.29 is 4.79 Å². The minimum atomic E-state index is 0. The van der Waals surface area contributed by atoms with Gasteiger partial charge in [0.2, 0.25) is 11.5 Å². The highest BCUT2D eigenvalue weighted by molar-refractivity contribution is 5.85. The van der Waals surface area contributed by atoms with Crippen LogP contribution in [0.3, 0.4) is 0 Å². The summed E-state index contributed by atoms with van der Waals surface area (Å²) in [7, 11) is 0. The third kappa shape index (κ3) is 3.00. The molecule has 27 heavy (non-hydrogen) atoms. The highest BCUT2D eigenvalue weighted by Crippen LogP contribution is 2.55. The number of rotatable bonds is 4. The lowest BCUT2D eigenvalue weighted by Crippen LogP contribution is -2.60. The average Bonchev–Trinajstić information content (AvgIpc) is 2.85. The summed E-state index contributed by atoms with van der Waals surface area (Å²) in [5.41, 5.74) is 2.45. The van der Waals surface area contributed by atoms with Crippen molar-refractivity contribution in [3.05, 3.63) is 29.9 Å². The van der Waals surface area contributed by atoms with E-state index in [0.717, 1.165) is 35.3 Å². The molecule has 5 nitrogen and oxygen atoms in total. The van der Waals surface area contributed by atoms with Crippen molar-refractivity contribution in [2.45, 2.75) is 64.1 Å². The van der Waals surface area contributed by atoms with Crippen LogP contribution >= 0.6 is 12.4 Å². The molecule has 4 aliphatic carbocycles. The van der Waals surface area contributed by atoms with Crippen LogP contribution in [-0.2, 0) is 17.9 Å². The second-order valence-corrected chi connectivity index (χ2v) is 8.89. The van der Waals surface area contributed by atoms with Crippen LogP contribution in [0.2, 0.25) is 0 Å². The molecule has 2 aromatic rings. The highest BCUT2D eigenvalue weighted by atomic mass is 35.5. The fourth-order valence-corrected chi connectivity index (χ4v) is 6.52. The molecule has 1 heterocycles. The van der Waals surface area contributed by atoms with Crippen LogP contribution in [0.4, 0.5) is 0 Å². The van der Waals surface area contributed by atoms with E-state index in [4.69, 9.17) is 5.41 Å². The number of carbonyl (C=O) groups is 1.